The van der Waals surface area contributed by atoms with E-state index in [-0.39, 0.29) is 17.2 Å². The maximum Gasteiger partial charge on any atom is 0.238 e. The van der Waals surface area contributed by atoms with Crippen LogP contribution in [0.4, 0.5) is 11.4 Å². The SMILES string of the molecule is CC(=O)N(C)c1ccc(N2C(=O)CSC2C=Cc2ccccc2)cc1. The number of thioether (sulfide) groups is 1. The lowest BCUT2D eigenvalue weighted by atomic mass is 10.2. The van der Waals surface area contributed by atoms with Gasteiger partial charge in [-0.15, -0.1) is 11.8 Å². The highest BCUT2D eigenvalue weighted by Gasteiger charge is 2.31. The van der Waals surface area contributed by atoms with Crippen LogP contribution in [-0.4, -0.2) is 30.0 Å². The molecule has 5 heteroatoms. The van der Waals surface area contributed by atoms with Gasteiger partial charge in [0.15, 0.2) is 0 Å². The first-order valence-corrected chi connectivity index (χ1v) is 9.12. The summed E-state index contributed by atoms with van der Waals surface area (Å²) in [6.45, 7) is 1.53. The number of carbonyl (C=O) groups excluding carboxylic acids is 2. The van der Waals surface area contributed by atoms with Gasteiger partial charge in [-0.05, 0) is 29.8 Å². The molecule has 2 aromatic carbocycles. The van der Waals surface area contributed by atoms with Crippen LogP contribution in [-0.2, 0) is 9.59 Å². The van der Waals surface area contributed by atoms with Gasteiger partial charge >= 0.3 is 0 Å². The van der Waals surface area contributed by atoms with Gasteiger partial charge in [-0.2, -0.15) is 0 Å². The van der Waals surface area contributed by atoms with Crippen molar-refractivity contribution in [3.8, 4) is 0 Å². The van der Waals surface area contributed by atoms with E-state index in [1.807, 2.05) is 65.6 Å². The minimum atomic E-state index is -0.0240. The van der Waals surface area contributed by atoms with Gasteiger partial charge in [-0.25, -0.2) is 0 Å². The van der Waals surface area contributed by atoms with Gasteiger partial charge in [-0.3, -0.25) is 14.5 Å². The summed E-state index contributed by atoms with van der Waals surface area (Å²) >= 11 is 1.61. The van der Waals surface area contributed by atoms with Crippen LogP contribution < -0.4 is 9.80 Å². The third-order valence-corrected chi connectivity index (χ3v) is 5.26. The predicted octanol–water partition coefficient (Wildman–Crippen LogP) is 3.79. The van der Waals surface area contributed by atoms with Gasteiger partial charge in [0.05, 0.1) is 5.75 Å². The number of hydrogen-bond acceptors (Lipinski definition) is 3. The molecule has 1 atom stereocenters. The van der Waals surface area contributed by atoms with Crippen molar-refractivity contribution < 1.29 is 9.59 Å². The molecule has 2 aromatic rings. The Balaban J connectivity index is 1.80. The van der Waals surface area contributed by atoms with E-state index in [2.05, 4.69) is 6.08 Å². The van der Waals surface area contributed by atoms with Crippen molar-refractivity contribution in [3.05, 3.63) is 66.2 Å². The second-order valence-electron chi connectivity index (χ2n) is 5.83. The molecule has 0 spiro atoms. The minimum Gasteiger partial charge on any atom is -0.316 e. The van der Waals surface area contributed by atoms with E-state index in [1.54, 1.807) is 23.7 Å². The lowest BCUT2D eigenvalue weighted by Gasteiger charge is -2.23. The molecule has 1 heterocycles. The number of benzene rings is 2. The van der Waals surface area contributed by atoms with Gasteiger partial charge in [-0.1, -0.05) is 42.5 Å². The topological polar surface area (TPSA) is 40.6 Å². The lowest BCUT2D eigenvalue weighted by Crippen LogP contribution is -2.31. The Morgan fingerprint density at radius 1 is 1.16 bits per heavy atom. The third-order valence-electron chi connectivity index (χ3n) is 4.14. The Morgan fingerprint density at radius 2 is 1.84 bits per heavy atom. The summed E-state index contributed by atoms with van der Waals surface area (Å²) in [5, 5.41) is -0.0240. The summed E-state index contributed by atoms with van der Waals surface area (Å²) < 4.78 is 0. The maximum atomic E-state index is 12.3. The molecule has 0 aromatic heterocycles. The molecular formula is C20H20N2O2S. The molecule has 128 valence electrons. The van der Waals surface area contributed by atoms with E-state index in [4.69, 9.17) is 0 Å². The number of hydrogen-bond donors (Lipinski definition) is 0. The predicted molar refractivity (Wildman–Crippen MR) is 105 cm³/mol. The zero-order valence-corrected chi connectivity index (χ0v) is 15.1. The molecule has 3 rings (SSSR count). The van der Waals surface area contributed by atoms with E-state index in [9.17, 15) is 9.59 Å². The van der Waals surface area contributed by atoms with Crippen molar-refractivity contribution in [1.82, 2.24) is 0 Å². The highest BCUT2D eigenvalue weighted by molar-refractivity contribution is 8.01. The van der Waals surface area contributed by atoms with Crippen LogP contribution >= 0.6 is 11.8 Å². The number of carbonyl (C=O) groups is 2. The van der Waals surface area contributed by atoms with Gasteiger partial charge in [0.25, 0.3) is 0 Å². The Morgan fingerprint density at radius 3 is 2.48 bits per heavy atom. The first kappa shape index (κ1) is 17.3. The fourth-order valence-corrected chi connectivity index (χ4v) is 3.68. The first-order valence-electron chi connectivity index (χ1n) is 8.07. The normalized spacial score (nSPS) is 17.3. The van der Waals surface area contributed by atoms with Gasteiger partial charge < -0.3 is 4.90 Å². The Kier molecular flexibility index (Phi) is 5.24. The molecule has 0 saturated carbocycles. The Labute approximate surface area is 152 Å². The van der Waals surface area contributed by atoms with Crippen LogP contribution in [0.15, 0.2) is 60.7 Å². The van der Waals surface area contributed by atoms with E-state index < -0.39 is 0 Å². The molecule has 1 aliphatic rings. The monoisotopic (exact) mass is 352 g/mol. The van der Waals surface area contributed by atoms with Crippen molar-refractivity contribution >= 4 is 41.0 Å². The molecule has 0 radical (unpaired) electrons. The van der Waals surface area contributed by atoms with Crippen molar-refractivity contribution in [2.45, 2.75) is 12.3 Å². The van der Waals surface area contributed by atoms with Crippen LogP contribution in [0.3, 0.4) is 0 Å². The molecular weight excluding hydrogens is 332 g/mol. The highest BCUT2D eigenvalue weighted by atomic mass is 32.2. The summed E-state index contributed by atoms with van der Waals surface area (Å²) in [6, 6.07) is 17.6. The van der Waals surface area contributed by atoms with Crippen molar-refractivity contribution in [2.75, 3.05) is 22.6 Å². The molecule has 0 N–H and O–H groups in total. The van der Waals surface area contributed by atoms with Gasteiger partial charge in [0, 0.05) is 25.3 Å². The molecule has 0 aliphatic carbocycles. The van der Waals surface area contributed by atoms with Crippen molar-refractivity contribution in [3.63, 3.8) is 0 Å². The number of rotatable bonds is 4. The summed E-state index contributed by atoms with van der Waals surface area (Å²) in [5.41, 5.74) is 2.77. The summed E-state index contributed by atoms with van der Waals surface area (Å²) in [6.07, 6.45) is 4.10. The molecule has 1 saturated heterocycles. The average molecular weight is 352 g/mol. The van der Waals surface area contributed by atoms with Gasteiger partial charge in [0.1, 0.15) is 5.37 Å². The quantitative estimate of drug-likeness (QED) is 0.841. The van der Waals surface area contributed by atoms with E-state index >= 15 is 0 Å². The second kappa shape index (κ2) is 7.57. The molecule has 25 heavy (non-hydrogen) atoms. The lowest BCUT2D eigenvalue weighted by molar-refractivity contribution is -0.116. The van der Waals surface area contributed by atoms with Crippen LogP contribution in [0.1, 0.15) is 12.5 Å². The summed E-state index contributed by atoms with van der Waals surface area (Å²) in [4.78, 5) is 27.2. The number of nitrogens with zero attached hydrogens (tertiary/aromatic N) is 2. The van der Waals surface area contributed by atoms with Crippen molar-refractivity contribution in [2.24, 2.45) is 0 Å². The fourth-order valence-electron chi connectivity index (χ4n) is 2.65. The molecule has 1 unspecified atom stereocenters. The van der Waals surface area contributed by atoms with Gasteiger partial charge in [0.2, 0.25) is 11.8 Å². The van der Waals surface area contributed by atoms with E-state index in [0.717, 1.165) is 16.9 Å². The molecule has 0 bridgehead atoms. The van der Waals surface area contributed by atoms with Crippen LogP contribution in [0.5, 0.6) is 0 Å². The Bertz CT molecular complexity index is 787. The second-order valence-corrected chi connectivity index (χ2v) is 6.93. The molecule has 1 aliphatic heterocycles. The third kappa shape index (κ3) is 3.94. The largest absolute Gasteiger partial charge is 0.316 e. The highest BCUT2D eigenvalue weighted by Crippen LogP contribution is 2.32. The zero-order chi connectivity index (χ0) is 17.8. The maximum absolute atomic E-state index is 12.3. The van der Waals surface area contributed by atoms with Crippen LogP contribution in [0.25, 0.3) is 6.08 Å². The number of amides is 2. The smallest absolute Gasteiger partial charge is 0.238 e. The molecule has 2 amide bonds. The van der Waals surface area contributed by atoms with E-state index in [0.29, 0.717) is 5.75 Å². The molecule has 4 nitrogen and oxygen atoms in total. The van der Waals surface area contributed by atoms with Crippen molar-refractivity contribution in [1.29, 1.82) is 0 Å². The average Bonchev–Trinajstić information content (AvgIpc) is 3.01. The van der Waals surface area contributed by atoms with Crippen LogP contribution in [0.2, 0.25) is 0 Å². The molecule has 1 fully saturated rings. The van der Waals surface area contributed by atoms with Crippen LogP contribution in [0, 0.1) is 0 Å². The van der Waals surface area contributed by atoms with E-state index in [1.165, 1.54) is 6.92 Å². The summed E-state index contributed by atoms with van der Waals surface area (Å²) in [5.74, 6) is 0.545. The number of anilines is 2. The first-order chi connectivity index (χ1) is 12.1. The fraction of sp³-hybridized carbons (Fsp3) is 0.200. The standard InChI is InChI=1S/C20H20N2O2S/c1-15(23)21(2)17-9-11-18(12-10-17)22-19(24)14-25-20(22)13-8-16-6-4-3-5-7-16/h3-13,20H,14H2,1-2H3. The zero-order valence-electron chi connectivity index (χ0n) is 14.3. The minimum absolute atomic E-state index is 0.0239. The summed E-state index contributed by atoms with van der Waals surface area (Å²) in [7, 11) is 1.74. The Hall–Kier alpha value is -2.53.